The zero-order valence-corrected chi connectivity index (χ0v) is 19.8. The van der Waals surface area contributed by atoms with Crippen molar-refractivity contribution in [2.75, 3.05) is 13.7 Å². The molecule has 2 N–H and O–H groups in total. The molecule has 0 radical (unpaired) electrons. The molecule has 0 bridgehead atoms. The summed E-state index contributed by atoms with van der Waals surface area (Å²) in [5.74, 6) is -0.129. The van der Waals surface area contributed by atoms with Crippen molar-refractivity contribution in [2.45, 2.75) is 10.8 Å². The smallest absolute Gasteiger partial charge is 0.220 e. The van der Waals surface area contributed by atoms with Gasteiger partial charge >= 0.3 is 0 Å². The summed E-state index contributed by atoms with van der Waals surface area (Å²) in [5, 5.41) is 0.143. The van der Waals surface area contributed by atoms with Crippen molar-refractivity contribution in [3.05, 3.63) is 90.1 Å². The van der Waals surface area contributed by atoms with Gasteiger partial charge in [-0.25, -0.2) is 15.0 Å². The highest BCUT2D eigenvalue weighted by molar-refractivity contribution is 8.14. The van der Waals surface area contributed by atoms with Crippen LogP contribution in [0.25, 0.3) is 22.4 Å². The van der Waals surface area contributed by atoms with Gasteiger partial charge in [0.2, 0.25) is 11.9 Å². The van der Waals surface area contributed by atoms with E-state index in [1.165, 1.54) is 30.2 Å². The van der Waals surface area contributed by atoms with Crippen molar-refractivity contribution in [2.24, 2.45) is 10.7 Å². The summed E-state index contributed by atoms with van der Waals surface area (Å²) in [5.41, 5.74) is 8.76. The van der Waals surface area contributed by atoms with E-state index in [9.17, 15) is 8.78 Å². The van der Waals surface area contributed by atoms with E-state index in [0.717, 1.165) is 0 Å². The van der Waals surface area contributed by atoms with Gasteiger partial charge in [0.05, 0.1) is 23.7 Å². The number of hydrogen-bond donors (Lipinski definition) is 1. The van der Waals surface area contributed by atoms with Crippen LogP contribution in [0.4, 0.5) is 8.78 Å². The molecule has 0 saturated carbocycles. The van der Waals surface area contributed by atoms with Crippen molar-refractivity contribution in [1.29, 1.82) is 0 Å². The number of aliphatic imine (C=N–C) groups is 1. The second-order valence-corrected chi connectivity index (χ2v) is 9.59. The summed E-state index contributed by atoms with van der Waals surface area (Å²) in [6, 6.07) is 13.6. The molecule has 2 aliphatic heterocycles. The number of pyridine rings is 3. The molecule has 1 spiro atoms. The molecule has 1 aromatic carbocycles. The third kappa shape index (κ3) is 3.52. The van der Waals surface area contributed by atoms with Crippen LogP contribution in [0.3, 0.4) is 0 Å². The first-order chi connectivity index (χ1) is 17.5. The maximum atomic E-state index is 14.6. The van der Waals surface area contributed by atoms with E-state index in [1.54, 1.807) is 43.6 Å². The van der Waals surface area contributed by atoms with Gasteiger partial charge in [-0.15, -0.1) is 0 Å². The summed E-state index contributed by atoms with van der Waals surface area (Å²) in [4.78, 5) is 16.9. The maximum Gasteiger partial charge on any atom is 0.220 e. The number of benzene rings is 1. The van der Waals surface area contributed by atoms with Gasteiger partial charge in [0.15, 0.2) is 10.9 Å². The average Bonchev–Trinajstić information content (AvgIpc) is 3.20. The molecule has 6 rings (SSSR count). The Labute approximate surface area is 209 Å². The lowest BCUT2D eigenvalue weighted by molar-refractivity contribution is 0.181. The molecule has 0 saturated heterocycles. The summed E-state index contributed by atoms with van der Waals surface area (Å²) >= 11 is 1.40. The molecular weight excluding hydrogens is 484 g/mol. The van der Waals surface area contributed by atoms with Gasteiger partial charge in [0.1, 0.15) is 11.3 Å². The van der Waals surface area contributed by atoms with E-state index in [4.69, 9.17) is 20.2 Å². The normalized spacial score (nSPS) is 20.0. The van der Waals surface area contributed by atoms with Crippen molar-refractivity contribution in [3.8, 4) is 33.9 Å². The second-order valence-electron chi connectivity index (χ2n) is 8.37. The van der Waals surface area contributed by atoms with E-state index < -0.39 is 17.4 Å². The first kappa shape index (κ1) is 22.6. The lowest BCUT2D eigenvalue weighted by Crippen LogP contribution is -2.39. The van der Waals surface area contributed by atoms with Crippen LogP contribution in [0.5, 0.6) is 11.5 Å². The fourth-order valence-corrected chi connectivity index (χ4v) is 5.94. The first-order valence-corrected chi connectivity index (χ1v) is 11.9. The topological polar surface area (TPSA) is 95.5 Å². The van der Waals surface area contributed by atoms with Gasteiger partial charge in [-0.2, -0.15) is 8.78 Å². The Morgan fingerprint density at radius 1 is 1.00 bits per heavy atom. The van der Waals surface area contributed by atoms with Crippen LogP contribution in [-0.4, -0.2) is 39.1 Å². The summed E-state index contributed by atoms with van der Waals surface area (Å²) in [7, 11) is 1.61. The fourth-order valence-electron chi connectivity index (χ4n) is 4.77. The minimum atomic E-state index is -1.01. The molecule has 5 heterocycles. The predicted octanol–water partition coefficient (Wildman–Crippen LogP) is 4.91. The zero-order chi connectivity index (χ0) is 24.9. The van der Waals surface area contributed by atoms with Crippen LogP contribution < -0.4 is 10.5 Å². The van der Waals surface area contributed by atoms with E-state index in [0.29, 0.717) is 56.8 Å². The van der Waals surface area contributed by atoms with Crippen molar-refractivity contribution >= 4 is 16.9 Å². The minimum absolute atomic E-state index is 0.248. The highest BCUT2D eigenvalue weighted by Crippen LogP contribution is 2.57. The number of nitrogens with zero attached hydrogens (tertiary/aromatic N) is 4. The van der Waals surface area contributed by atoms with Crippen molar-refractivity contribution in [1.82, 2.24) is 15.0 Å². The van der Waals surface area contributed by atoms with Gasteiger partial charge in [-0.1, -0.05) is 17.8 Å². The summed E-state index contributed by atoms with van der Waals surface area (Å²) in [6.07, 6.45) is 4.39. The number of amidine groups is 1. The van der Waals surface area contributed by atoms with E-state index in [1.807, 2.05) is 12.1 Å². The lowest BCUT2D eigenvalue weighted by atomic mass is 9.77. The molecular formula is C26H19F2N5O2S. The Balaban J connectivity index is 1.60. The molecule has 36 heavy (non-hydrogen) atoms. The Hall–Kier alpha value is -3.89. The number of nitrogens with two attached hydrogens (primary N) is 1. The molecule has 7 nitrogen and oxygen atoms in total. The van der Waals surface area contributed by atoms with Gasteiger partial charge in [-0.05, 0) is 42.0 Å². The number of rotatable bonds is 4. The van der Waals surface area contributed by atoms with Crippen LogP contribution >= 0.6 is 11.8 Å². The third-order valence-electron chi connectivity index (χ3n) is 6.31. The predicted molar refractivity (Wildman–Crippen MR) is 133 cm³/mol. The molecule has 10 heteroatoms. The SMILES string of the molecule is COC[C@H]1SC(N)=N[C@]12c1cc(-c3cccnc3F)ccc1Oc1cnc(-c3ccnc(F)c3)cc12. The molecule has 0 fully saturated rings. The number of fused-ring (bicyclic) bond motifs is 4. The molecule has 2 aliphatic rings. The largest absolute Gasteiger partial charge is 0.455 e. The number of halogens is 2. The quantitative estimate of drug-likeness (QED) is 0.396. The van der Waals surface area contributed by atoms with Crippen LogP contribution in [-0.2, 0) is 10.3 Å². The minimum Gasteiger partial charge on any atom is -0.455 e. The van der Waals surface area contributed by atoms with E-state index >= 15 is 0 Å². The Kier molecular flexibility index (Phi) is 5.42. The third-order valence-corrected chi connectivity index (χ3v) is 7.41. The Bertz CT molecular complexity index is 1530. The number of thioether (sulfide) groups is 1. The van der Waals surface area contributed by atoms with Gasteiger partial charge in [0, 0.05) is 47.8 Å². The molecule has 2 atom stereocenters. The Morgan fingerprint density at radius 3 is 2.67 bits per heavy atom. The monoisotopic (exact) mass is 503 g/mol. The summed E-state index contributed by atoms with van der Waals surface area (Å²) < 4.78 is 40.3. The molecule has 0 unspecified atom stereocenters. The fraction of sp³-hybridized carbons (Fsp3) is 0.154. The number of methoxy groups -OCH3 is 1. The maximum absolute atomic E-state index is 14.6. The standard InChI is InChI=1S/C26H19F2N5O2S/c1-34-13-22-26(33-25(29)36-22)17-9-14(16-3-2-7-31-24(16)28)4-5-20(17)35-21-12-32-19(11-18(21)26)15-6-8-30-23(27)10-15/h2-12,22H,13H2,1H3,(H2,29,33)/t22-,26+/m1/s1. The van der Waals surface area contributed by atoms with Crippen LogP contribution in [0.15, 0.2) is 72.1 Å². The van der Waals surface area contributed by atoms with Crippen molar-refractivity contribution < 1.29 is 18.3 Å². The summed E-state index contributed by atoms with van der Waals surface area (Å²) in [6.45, 7) is 0.334. The molecule has 180 valence electrons. The molecule has 0 amide bonds. The van der Waals surface area contributed by atoms with Crippen LogP contribution in [0, 0.1) is 11.9 Å². The van der Waals surface area contributed by atoms with E-state index in [2.05, 4.69) is 15.0 Å². The average molecular weight is 504 g/mol. The van der Waals surface area contributed by atoms with E-state index in [-0.39, 0.29) is 5.25 Å². The molecule has 3 aromatic heterocycles. The number of ether oxygens (including phenoxy) is 2. The molecule has 4 aromatic rings. The van der Waals surface area contributed by atoms with Crippen LogP contribution in [0.2, 0.25) is 0 Å². The second kappa shape index (κ2) is 8.65. The highest BCUT2D eigenvalue weighted by Gasteiger charge is 2.53. The zero-order valence-electron chi connectivity index (χ0n) is 19.0. The number of hydrogen-bond acceptors (Lipinski definition) is 8. The van der Waals surface area contributed by atoms with Crippen LogP contribution in [0.1, 0.15) is 11.1 Å². The first-order valence-electron chi connectivity index (χ1n) is 11.1. The molecule has 0 aliphatic carbocycles. The number of aromatic nitrogens is 3. The van der Waals surface area contributed by atoms with Gasteiger partial charge in [-0.3, -0.25) is 4.98 Å². The van der Waals surface area contributed by atoms with Gasteiger partial charge in [0.25, 0.3) is 0 Å². The van der Waals surface area contributed by atoms with Gasteiger partial charge < -0.3 is 15.2 Å². The lowest BCUT2D eigenvalue weighted by Gasteiger charge is -2.38. The Morgan fingerprint density at radius 2 is 1.86 bits per heavy atom. The highest BCUT2D eigenvalue weighted by atomic mass is 32.2. The van der Waals surface area contributed by atoms with Crippen molar-refractivity contribution in [3.63, 3.8) is 0 Å².